The number of para-hydroxylation sites is 1. The van der Waals surface area contributed by atoms with Crippen molar-refractivity contribution < 1.29 is 14.4 Å². The van der Waals surface area contributed by atoms with E-state index in [1.165, 1.54) is 0 Å². The van der Waals surface area contributed by atoms with E-state index in [1.807, 2.05) is 122 Å². The number of imidazole rings is 1. The SMILES string of the molecule is CNC(=O)C(Cc1c[nH]c2ccccc12)NC(=O)[C@H](CCCc1cn(C(c2ccccc2)(c2ccccc2)c2ccccc2)cn1)NC(=O)[C@H](N)Cc1ccccc1. The summed E-state index contributed by atoms with van der Waals surface area (Å²) in [5, 5.41) is 9.54. The summed E-state index contributed by atoms with van der Waals surface area (Å²) in [6.45, 7) is 0. The van der Waals surface area contributed by atoms with Crippen molar-refractivity contribution in [2.45, 2.75) is 55.8 Å². The summed E-state index contributed by atoms with van der Waals surface area (Å²) in [7, 11) is 1.54. The van der Waals surface area contributed by atoms with E-state index < -0.39 is 35.5 Å². The number of fused-ring (bicyclic) bond motifs is 1. The summed E-state index contributed by atoms with van der Waals surface area (Å²) in [5.74, 6) is -1.25. The van der Waals surface area contributed by atoms with E-state index in [4.69, 9.17) is 10.7 Å². The average Bonchev–Trinajstić information content (AvgIpc) is 3.92. The predicted molar refractivity (Wildman–Crippen MR) is 228 cm³/mol. The third kappa shape index (κ3) is 8.77. The van der Waals surface area contributed by atoms with Crippen LogP contribution in [-0.4, -0.2) is 57.4 Å². The molecule has 294 valence electrons. The van der Waals surface area contributed by atoms with Gasteiger partial charge in [0, 0.05) is 36.8 Å². The molecule has 3 atom stereocenters. The maximum Gasteiger partial charge on any atom is 0.243 e. The minimum atomic E-state index is -0.955. The molecule has 0 spiro atoms. The summed E-state index contributed by atoms with van der Waals surface area (Å²) in [5.41, 5.74) is 12.5. The zero-order valence-electron chi connectivity index (χ0n) is 32.6. The lowest BCUT2D eigenvalue weighted by Gasteiger charge is -2.37. The Balaban J connectivity index is 1.13. The second-order valence-corrected chi connectivity index (χ2v) is 14.6. The fraction of sp³-hybridized carbons (Fsp3) is 0.208. The molecule has 0 bridgehead atoms. The lowest BCUT2D eigenvalue weighted by atomic mass is 9.77. The fourth-order valence-corrected chi connectivity index (χ4v) is 7.83. The molecule has 0 aliphatic carbocycles. The van der Waals surface area contributed by atoms with E-state index in [1.54, 1.807) is 7.05 Å². The van der Waals surface area contributed by atoms with Gasteiger partial charge >= 0.3 is 0 Å². The molecule has 2 aromatic heterocycles. The Kier molecular flexibility index (Phi) is 12.5. The van der Waals surface area contributed by atoms with Gasteiger partial charge in [-0.1, -0.05) is 140 Å². The Hall–Kier alpha value is -6.78. The number of H-pyrrole nitrogens is 1. The highest BCUT2D eigenvalue weighted by molar-refractivity contribution is 5.93. The Morgan fingerprint density at radius 3 is 1.84 bits per heavy atom. The van der Waals surface area contributed by atoms with Gasteiger partial charge in [0.25, 0.3) is 0 Å². The number of nitrogens with one attached hydrogen (secondary N) is 4. The molecule has 0 aliphatic heterocycles. The van der Waals surface area contributed by atoms with Gasteiger partial charge in [-0.05, 0) is 59.6 Å². The molecule has 0 saturated carbocycles. The zero-order valence-corrected chi connectivity index (χ0v) is 32.6. The summed E-state index contributed by atoms with van der Waals surface area (Å²) in [4.78, 5) is 49.1. The Bertz CT molecular complexity index is 2320. The number of nitrogens with zero attached hydrogens (tertiary/aromatic N) is 2. The number of rotatable bonds is 17. The standard InChI is InChI=1S/C48H49N7O3/c1-50-46(57)44(30-35-31-51-42-27-15-14-26-40(35)42)54-47(58)43(53-45(56)41(49)29-34-17-6-2-7-18-34)28-16-25-39-32-55(33-52-39)48(36-19-8-3-9-20-36,37-21-10-4-11-22-37)38-23-12-5-13-24-38/h2-15,17-24,26-27,31-33,41,43-44,51H,16,25,28-30,49H2,1H3,(H,50,57)(H,53,56)(H,54,58)/t41-,43+,44?/m1/s1. The largest absolute Gasteiger partial charge is 0.361 e. The van der Waals surface area contributed by atoms with Gasteiger partial charge in [-0.15, -0.1) is 0 Å². The molecule has 7 aromatic rings. The van der Waals surface area contributed by atoms with Crippen molar-refractivity contribution in [1.29, 1.82) is 0 Å². The summed E-state index contributed by atoms with van der Waals surface area (Å²) < 4.78 is 2.16. The monoisotopic (exact) mass is 771 g/mol. The number of hydrogen-bond acceptors (Lipinski definition) is 5. The van der Waals surface area contributed by atoms with E-state index in [-0.39, 0.29) is 18.7 Å². The molecule has 10 nitrogen and oxygen atoms in total. The van der Waals surface area contributed by atoms with Crippen LogP contribution in [0.25, 0.3) is 10.9 Å². The molecule has 3 amide bonds. The van der Waals surface area contributed by atoms with Crippen LogP contribution in [0.5, 0.6) is 0 Å². The number of hydrogen-bond donors (Lipinski definition) is 5. The van der Waals surface area contributed by atoms with Gasteiger partial charge in [0.1, 0.15) is 17.6 Å². The van der Waals surface area contributed by atoms with E-state index in [9.17, 15) is 14.4 Å². The van der Waals surface area contributed by atoms with Gasteiger partial charge in [0.05, 0.1) is 18.1 Å². The third-order valence-electron chi connectivity index (χ3n) is 10.8. The lowest BCUT2D eigenvalue weighted by Crippen LogP contribution is -2.56. The van der Waals surface area contributed by atoms with Crippen molar-refractivity contribution in [3.8, 4) is 0 Å². The number of likely N-dealkylation sites (N-methyl/N-ethyl adjacent to an activating group) is 1. The molecular formula is C48H49N7O3. The number of carbonyl (C=O) groups excluding carboxylic acids is 3. The number of benzene rings is 5. The number of aromatic nitrogens is 3. The van der Waals surface area contributed by atoms with Gasteiger partial charge in [-0.3, -0.25) is 14.4 Å². The van der Waals surface area contributed by atoms with Crippen molar-refractivity contribution in [2.24, 2.45) is 5.73 Å². The van der Waals surface area contributed by atoms with E-state index >= 15 is 0 Å². The first-order valence-corrected chi connectivity index (χ1v) is 19.7. The molecule has 10 heteroatoms. The molecule has 0 fully saturated rings. The summed E-state index contributed by atoms with van der Waals surface area (Å²) in [6, 6.07) is 45.8. The van der Waals surface area contributed by atoms with Crippen molar-refractivity contribution in [1.82, 2.24) is 30.5 Å². The highest BCUT2D eigenvalue weighted by atomic mass is 16.2. The highest BCUT2D eigenvalue weighted by Crippen LogP contribution is 2.40. The number of nitrogens with two attached hydrogens (primary N) is 1. The van der Waals surface area contributed by atoms with Gasteiger partial charge < -0.3 is 31.2 Å². The Labute approximate surface area is 338 Å². The van der Waals surface area contributed by atoms with Crippen molar-refractivity contribution in [2.75, 3.05) is 7.05 Å². The highest BCUT2D eigenvalue weighted by Gasteiger charge is 2.38. The molecule has 5 aromatic carbocycles. The molecule has 0 radical (unpaired) electrons. The number of carbonyl (C=O) groups is 3. The first kappa shape index (κ1) is 39.5. The van der Waals surface area contributed by atoms with Crippen molar-refractivity contribution in [3.63, 3.8) is 0 Å². The number of amides is 3. The van der Waals surface area contributed by atoms with E-state index in [0.29, 0.717) is 19.3 Å². The average molecular weight is 772 g/mol. The van der Waals surface area contributed by atoms with E-state index in [0.717, 1.165) is 44.4 Å². The quantitative estimate of drug-likeness (QED) is 0.0716. The molecular weight excluding hydrogens is 723 g/mol. The molecule has 1 unspecified atom stereocenters. The topological polar surface area (TPSA) is 147 Å². The fourth-order valence-electron chi connectivity index (χ4n) is 7.83. The molecule has 6 N–H and O–H groups in total. The van der Waals surface area contributed by atoms with Crippen LogP contribution in [0.4, 0.5) is 0 Å². The van der Waals surface area contributed by atoms with Gasteiger partial charge in [0.15, 0.2) is 0 Å². The second-order valence-electron chi connectivity index (χ2n) is 14.6. The lowest BCUT2D eigenvalue weighted by molar-refractivity contribution is -0.132. The van der Waals surface area contributed by atoms with Crippen LogP contribution in [0.1, 0.15) is 46.4 Å². The van der Waals surface area contributed by atoms with Crippen LogP contribution in [0.15, 0.2) is 164 Å². The van der Waals surface area contributed by atoms with Crippen LogP contribution in [0.3, 0.4) is 0 Å². The first-order chi connectivity index (χ1) is 28.4. The number of aryl methyl sites for hydroxylation is 1. The normalized spacial score (nSPS) is 13.0. The van der Waals surface area contributed by atoms with Gasteiger partial charge in [-0.2, -0.15) is 0 Å². The third-order valence-corrected chi connectivity index (χ3v) is 10.8. The van der Waals surface area contributed by atoms with Crippen molar-refractivity contribution in [3.05, 3.63) is 198 Å². The predicted octanol–water partition coefficient (Wildman–Crippen LogP) is 6.06. The van der Waals surface area contributed by atoms with Crippen molar-refractivity contribution >= 4 is 28.6 Å². The minimum Gasteiger partial charge on any atom is -0.361 e. The van der Waals surface area contributed by atoms with Crippen LogP contribution in [0.2, 0.25) is 0 Å². The summed E-state index contributed by atoms with van der Waals surface area (Å²) >= 11 is 0. The van der Waals surface area contributed by atoms with Gasteiger partial charge in [0.2, 0.25) is 17.7 Å². The van der Waals surface area contributed by atoms with Crippen LogP contribution in [-0.2, 0) is 39.2 Å². The minimum absolute atomic E-state index is 0.257. The molecule has 0 aliphatic rings. The van der Waals surface area contributed by atoms with Crippen LogP contribution in [0, 0.1) is 0 Å². The summed E-state index contributed by atoms with van der Waals surface area (Å²) in [6.07, 6.45) is 7.71. The van der Waals surface area contributed by atoms with Crippen LogP contribution < -0.4 is 21.7 Å². The molecule has 58 heavy (non-hydrogen) atoms. The number of aromatic amines is 1. The van der Waals surface area contributed by atoms with E-state index in [2.05, 4.69) is 68.1 Å². The molecule has 7 rings (SSSR count). The Morgan fingerprint density at radius 1 is 0.690 bits per heavy atom. The van der Waals surface area contributed by atoms with Crippen LogP contribution >= 0.6 is 0 Å². The second kappa shape index (κ2) is 18.4. The zero-order chi connectivity index (χ0) is 40.3. The molecule has 0 saturated heterocycles. The Morgan fingerprint density at radius 2 is 1.24 bits per heavy atom. The maximum absolute atomic E-state index is 14.2. The first-order valence-electron chi connectivity index (χ1n) is 19.7. The smallest absolute Gasteiger partial charge is 0.243 e. The maximum atomic E-state index is 14.2. The van der Waals surface area contributed by atoms with Gasteiger partial charge in [-0.25, -0.2) is 4.98 Å². The molecule has 2 heterocycles.